The van der Waals surface area contributed by atoms with E-state index >= 15 is 0 Å². The van der Waals surface area contributed by atoms with Crippen molar-refractivity contribution in [1.29, 1.82) is 5.26 Å². The van der Waals surface area contributed by atoms with Crippen molar-refractivity contribution in [3.63, 3.8) is 0 Å². The van der Waals surface area contributed by atoms with Crippen LogP contribution in [0.5, 0.6) is 0 Å². The fourth-order valence-electron chi connectivity index (χ4n) is 1.49. The lowest BCUT2D eigenvalue weighted by atomic mass is 10.1. The van der Waals surface area contributed by atoms with Crippen molar-refractivity contribution >= 4 is 15.8 Å². The number of hydrogen-bond acceptors (Lipinski definition) is 4. The van der Waals surface area contributed by atoms with E-state index in [0.29, 0.717) is 12.8 Å². The summed E-state index contributed by atoms with van der Waals surface area (Å²) >= 11 is 0. The standard InChI is InChI=1S/C8H11NO4S/c9-3-4-14(12,13)6-8(1-2-8)5-7(10)11/h1-2,4-6H2,(H,10,11). The number of carboxylic acids is 1. The van der Waals surface area contributed by atoms with Gasteiger partial charge in [-0.3, -0.25) is 4.79 Å². The van der Waals surface area contributed by atoms with Gasteiger partial charge in [0.1, 0.15) is 5.75 Å². The van der Waals surface area contributed by atoms with Gasteiger partial charge in [0.05, 0.1) is 18.2 Å². The number of nitrogens with zero attached hydrogens (tertiary/aromatic N) is 1. The van der Waals surface area contributed by atoms with Gasteiger partial charge in [0.25, 0.3) is 0 Å². The van der Waals surface area contributed by atoms with Crippen LogP contribution in [0.4, 0.5) is 0 Å². The average molecular weight is 217 g/mol. The van der Waals surface area contributed by atoms with Crippen LogP contribution < -0.4 is 0 Å². The van der Waals surface area contributed by atoms with Gasteiger partial charge in [-0.2, -0.15) is 5.26 Å². The minimum absolute atomic E-state index is 0.113. The molecule has 0 aliphatic heterocycles. The van der Waals surface area contributed by atoms with E-state index in [4.69, 9.17) is 10.4 Å². The summed E-state index contributed by atoms with van der Waals surface area (Å²) in [5.41, 5.74) is -0.582. The number of hydrogen-bond donors (Lipinski definition) is 1. The number of nitriles is 1. The summed E-state index contributed by atoms with van der Waals surface area (Å²) in [6, 6.07) is 1.58. The van der Waals surface area contributed by atoms with E-state index < -0.39 is 27.0 Å². The zero-order valence-corrected chi connectivity index (χ0v) is 8.38. The highest BCUT2D eigenvalue weighted by Gasteiger charge is 2.47. The van der Waals surface area contributed by atoms with Crippen LogP contribution >= 0.6 is 0 Å². The molecule has 0 saturated heterocycles. The van der Waals surface area contributed by atoms with E-state index in [0.717, 1.165) is 0 Å². The van der Waals surface area contributed by atoms with Crippen molar-refractivity contribution < 1.29 is 18.3 Å². The molecule has 1 rings (SSSR count). The molecule has 6 heteroatoms. The Labute approximate surface area is 82.3 Å². The molecule has 0 spiro atoms. The Morgan fingerprint density at radius 2 is 2.07 bits per heavy atom. The van der Waals surface area contributed by atoms with E-state index in [1.165, 1.54) is 0 Å². The molecule has 1 saturated carbocycles. The fourth-order valence-corrected chi connectivity index (χ4v) is 3.11. The maximum absolute atomic E-state index is 11.3. The number of sulfone groups is 1. The summed E-state index contributed by atoms with van der Waals surface area (Å²) < 4.78 is 22.5. The molecule has 1 fully saturated rings. The first-order valence-electron chi connectivity index (χ1n) is 4.18. The molecule has 0 heterocycles. The number of carboxylic acid groups (broad SMARTS) is 1. The molecule has 0 unspecified atom stereocenters. The number of aliphatic carboxylic acids is 1. The van der Waals surface area contributed by atoms with E-state index in [2.05, 4.69) is 0 Å². The molecule has 14 heavy (non-hydrogen) atoms. The maximum Gasteiger partial charge on any atom is 0.303 e. The molecule has 0 radical (unpaired) electrons. The smallest absolute Gasteiger partial charge is 0.303 e. The Kier molecular flexibility index (Phi) is 2.81. The average Bonchev–Trinajstić information content (AvgIpc) is 2.64. The first-order chi connectivity index (χ1) is 6.39. The summed E-state index contributed by atoms with van der Waals surface area (Å²) in [7, 11) is -3.40. The summed E-state index contributed by atoms with van der Waals surface area (Å²) in [5, 5.41) is 16.8. The number of carbonyl (C=O) groups is 1. The topological polar surface area (TPSA) is 95.2 Å². The van der Waals surface area contributed by atoms with Crippen LogP contribution in [0, 0.1) is 16.7 Å². The minimum Gasteiger partial charge on any atom is -0.481 e. The normalized spacial score (nSPS) is 18.5. The van der Waals surface area contributed by atoms with Crippen molar-refractivity contribution in [2.24, 2.45) is 5.41 Å². The quantitative estimate of drug-likeness (QED) is 0.708. The third-order valence-corrected chi connectivity index (χ3v) is 3.92. The molecular weight excluding hydrogens is 206 g/mol. The third-order valence-electron chi connectivity index (χ3n) is 2.29. The summed E-state index contributed by atoms with van der Waals surface area (Å²) in [4.78, 5) is 10.4. The van der Waals surface area contributed by atoms with Crippen LogP contribution in [0.2, 0.25) is 0 Å². The molecule has 0 bridgehead atoms. The molecule has 0 atom stereocenters. The lowest BCUT2D eigenvalue weighted by molar-refractivity contribution is -0.138. The first kappa shape index (κ1) is 11.0. The van der Waals surface area contributed by atoms with Gasteiger partial charge in [0, 0.05) is 0 Å². The van der Waals surface area contributed by atoms with Gasteiger partial charge in [-0.15, -0.1) is 0 Å². The predicted molar refractivity (Wildman–Crippen MR) is 48.2 cm³/mol. The van der Waals surface area contributed by atoms with E-state index in [1.54, 1.807) is 6.07 Å². The highest BCUT2D eigenvalue weighted by molar-refractivity contribution is 7.91. The van der Waals surface area contributed by atoms with Crippen LogP contribution in [0.3, 0.4) is 0 Å². The highest BCUT2D eigenvalue weighted by atomic mass is 32.2. The van der Waals surface area contributed by atoms with Gasteiger partial charge in [-0.05, 0) is 18.3 Å². The SMILES string of the molecule is N#CCS(=O)(=O)CC1(CC(=O)O)CC1. The van der Waals surface area contributed by atoms with Gasteiger partial charge in [0.15, 0.2) is 9.84 Å². The Morgan fingerprint density at radius 1 is 1.50 bits per heavy atom. The van der Waals surface area contributed by atoms with Gasteiger partial charge in [-0.1, -0.05) is 0 Å². The minimum atomic E-state index is -3.40. The fraction of sp³-hybridized carbons (Fsp3) is 0.750. The van der Waals surface area contributed by atoms with Gasteiger partial charge < -0.3 is 5.11 Å². The second-order valence-electron chi connectivity index (χ2n) is 3.76. The molecule has 78 valence electrons. The van der Waals surface area contributed by atoms with Crippen molar-refractivity contribution in [2.45, 2.75) is 19.3 Å². The molecule has 0 amide bonds. The zero-order valence-electron chi connectivity index (χ0n) is 7.56. The largest absolute Gasteiger partial charge is 0.481 e. The summed E-state index contributed by atoms with van der Waals surface area (Å²) in [6.45, 7) is 0. The van der Waals surface area contributed by atoms with E-state index in [1.807, 2.05) is 0 Å². The van der Waals surface area contributed by atoms with Crippen molar-refractivity contribution in [3.05, 3.63) is 0 Å². The van der Waals surface area contributed by atoms with Crippen molar-refractivity contribution in [1.82, 2.24) is 0 Å². The van der Waals surface area contributed by atoms with Crippen LogP contribution in [0.1, 0.15) is 19.3 Å². The molecule has 0 aromatic rings. The third kappa shape index (κ3) is 3.00. The first-order valence-corrected chi connectivity index (χ1v) is 6.00. The monoisotopic (exact) mass is 217 g/mol. The summed E-state index contributed by atoms with van der Waals surface area (Å²) in [6.07, 6.45) is 1.14. The van der Waals surface area contributed by atoms with Gasteiger partial charge in [-0.25, -0.2) is 8.42 Å². The molecule has 0 aromatic heterocycles. The second-order valence-corrected chi connectivity index (χ2v) is 5.83. The predicted octanol–water partition coefficient (Wildman–Crippen LogP) is 0.180. The Morgan fingerprint density at radius 3 is 2.43 bits per heavy atom. The number of rotatable bonds is 5. The van der Waals surface area contributed by atoms with Crippen LogP contribution in [0.25, 0.3) is 0 Å². The van der Waals surface area contributed by atoms with E-state index in [-0.39, 0.29) is 12.2 Å². The Balaban J connectivity index is 2.61. The molecule has 1 N–H and O–H groups in total. The molecule has 5 nitrogen and oxygen atoms in total. The zero-order chi connectivity index (χ0) is 10.8. The van der Waals surface area contributed by atoms with Crippen LogP contribution in [0.15, 0.2) is 0 Å². The van der Waals surface area contributed by atoms with Crippen molar-refractivity contribution in [2.75, 3.05) is 11.5 Å². The van der Waals surface area contributed by atoms with Gasteiger partial charge >= 0.3 is 5.97 Å². The summed E-state index contributed by atoms with van der Waals surface area (Å²) in [5.74, 6) is -1.66. The Hall–Kier alpha value is -1.09. The highest BCUT2D eigenvalue weighted by Crippen LogP contribution is 2.49. The van der Waals surface area contributed by atoms with Crippen molar-refractivity contribution in [3.8, 4) is 6.07 Å². The Bertz CT molecular complexity index is 375. The maximum atomic E-state index is 11.3. The van der Waals surface area contributed by atoms with Gasteiger partial charge in [0.2, 0.25) is 0 Å². The van der Waals surface area contributed by atoms with E-state index in [9.17, 15) is 13.2 Å². The lowest BCUT2D eigenvalue weighted by Gasteiger charge is -2.10. The lowest BCUT2D eigenvalue weighted by Crippen LogP contribution is -2.22. The van der Waals surface area contributed by atoms with Crippen LogP contribution in [-0.2, 0) is 14.6 Å². The molecule has 0 aromatic carbocycles. The molecular formula is C8H11NO4S. The molecule has 1 aliphatic carbocycles. The van der Waals surface area contributed by atoms with Crippen LogP contribution in [-0.4, -0.2) is 31.0 Å². The molecule has 1 aliphatic rings. The second kappa shape index (κ2) is 3.58.